The predicted molar refractivity (Wildman–Crippen MR) is 140 cm³/mol. The van der Waals surface area contributed by atoms with Crippen molar-refractivity contribution in [2.45, 2.75) is 79.6 Å². The summed E-state index contributed by atoms with van der Waals surface area (Å²) in [6, 6.07) is 0. The topological polar surface area (TPSA) is 57.3 Å². The molecule has 2 fully saturated rings. The summed E-state index contributed by atoms with van der Waals surface area (Å²) in [7, 11) is 0. The van der Waals surface area contributed by atoms with Gasteiger partial charge < -0.3 is 18.9 Å². The molecule has 0 N–H and O–H groups in total. The minimum atomic E-state index is -0.614. The Morgan fingerprint density at radius 1 is 1.23 bits per heavy atom. The molecule has 5 heteroatoms. The second kappa shape index (κ2) is 9.55. The van der Waals surface area contributed by atoms with Crippen molar-refractivity contribution in [2.75, 3.05) is 19.8 Å². The Hall–Kier alpha value is -1.85. The molecule has 0 bridgehead atoms. The molecule has 3 unspecified atom stereocenters. The van der Waals surface area contributed by atoms with Gasteiger partial charge >= 0.3 is 5.97 Å². The van der Waals surface area contributed by atoms with Gasteiger partial charge in [-0.05, 0) is 47.5 Å². The average molecular weight is 487 g/mol. The van der Waals surface area contributed by atoms with Gasteiger partial charge in [0.1, 0.15) is 11.7 Å². The number of fused-ring (bicyclic) bond motifs is 1. The van der Waals surface area contributed by atoms with Gasteiger partial charge in [0.05, 0.1) is 25.6 Å². The number of rotatable bonds is 12. The number of carbonyl (C=O) groups excluding carboxylic acids is 1. The van der Waals surface area contributed by atoms with Gasteiger partial charge in [0, 0.05) is 5.41 Å². The highest BCUT2D eigenvalue weighted by Crippen LogP contribution is 2.65. The first-order chi connectivity index (χ1) is 16.2. The summed E-state index contributed by atoms with van der Waals surface area (Å²) in [5, 5.41) is 0. The first kappa shape index (κ1) is 27.7. The highest BCUT2D eigenvalue weighted by atomic mass is 16.7. The molecule has 196 valence electrons. The van der Waals surface area contributed by atoms with Crippen LogP contribution in [0.25, 0.3) is 0 Å². The molecule has 0 aromatic heterocycles. The standard InChI is InChI=1S/C30H46O5/c1-12-27(7,8)23(15-17-33-19(3)4)29(11,13-2)20(5)21(6)30-25(35-30)26(31)34-24(28(30,9)10)22-14-16-32-18-22/h12-14,20-21,23-25H,1-3,15-18H2,4-11H3/t20?,21-,23?,24?,25+,29+,30+/m0/s1. The van der Waals surface area contributed by atoms with Crippen molar-refractivity contribution >= 4 is 5.97 Å². The van der Waals surface area contributed by atoms with Gasteiger partial charge in [-0.2, -0.15) is 0 Å². The van der Waals surface area contributed by atoms with E-state index in [1.165, 1.54) is 0 Å². The van der Waals surface area contributed by atoms with Crippen molar-refractivity contribution in [3.63, 3.8) is 0 Å². The summed E-state index contributed by atoms with van der Waals surface area (Å²) in [5.74, 6) is 0.872. The van der Waals surface area contributed by atoms with Gasteiger partial charge in [-0.3, -0.25) is 0 Å². The second-order valence-electron chi connectivity index (χ2n) is 12.2. The van der Waals surface area contributed by atoms with Crippen LogP contribution in [0, 0.1) is 34.0 Å². The highest BCUT2D eigenvalue weighted by molar-refractivity contribution is 5.82. The van der Waals surface area contributed by atoms with E-state index >= 15 is 0 Å². The van der Waals surface area contributed by atoms with Gasteiger partial charge in [-0.15, -0.1) is 13.2 Å². The number of cyclic esters (lactones) is 1. The van der Waals surface area contributed by atoms with Crippen LogP contribution in [0.1, 0.15) is 61.8 Å². The Morgan fingerprint density at radius 3 is 2.40 bits per heavy atom. The zero-order valence-corrected chi connectivity index (χ0v) is 23.1. The van der Waals surface area contributed by atoms with E-state index in [9.17, 15) is 4.79 Å². The maximum atomic E-state index is 13.0. The predicted octanol–water partition coefficient (Wildman–Crippen LogP) is 6.27. The van der Waals surface area contributed by atoms with Crippen molar-refractivity contribution in [3.05, 3.63) is 49.3 Å². The number of hydrogen-bond donors (Lipinski definition) is 0. The monoisotopic (exact) mass is 486 g/mol. The lowest BCUT2D eigenvalue weighted by Crippen LogP contribution is -2.58. The summed E-state index contributed by atoms with van der Waals surface area (Å²) < 4.78 is 23.7. The lowest BCUT2D eigenvalue weighted by atomic mass is 9.52. The maximum Gasteiger partial charge on any atom is 0.339 e. The first-order valence-electron chi connectivity index (χ1n) is 12.9. The van der Waals surface area contributed by atoms with Crippen molar-refractivity contribution in [2.24, 2.45) is 34.0 Å². The third-order valence-corrected chi connectivity index (χ3v) is 9.60. The first-order valence-corrected chi connectivity index (χ1v) is 12.9. The Bertz CT molecular complexity index is 898. The molecule has 3 rings (SSSR count). The van der Waals surface area contributed by atoms with E-state index in [2.05, 4.69) is 74.3 Å². The molecule has 5 nitrogen and oxygen atoms in total. The maximum absolute atomic E-state index is 13.0. The second-order valence-corrected chi connectivity index (χ2v) is 12.2. The SMILES string of the molecule is C=CC(C)(C)C(CCOC(=C)C)[C@](C)(C=C)C(C)[C@H](C)[C@@]12O[C@@H]1C(=O)OC(C1=CCOC1)C2(C)C. The lowest BCUT2D eigenvalue weighted by Gasteiger charge is -2.52. The van der Waals surface area contributed by atoms with Crippen molar-refractivity contribution < 1.29 is 23.7 Å². The van der Waals surface area contributed by atoms with Gasteiger partial charge in [-0.1, -0.05) is 73.3 Å². The van der Waals surface area contributed by atoms with Crippen LogP contribution >= 0.6 is 0 Å². The van der Waals surface area contributed by atoms with Gasteiger partial charge in [0.15, 0.2) is 6.10 Å². The van der Waals surface area contributed by atoms with Gasteiger partial charge in [0.2, 0.25) is 0 Å². The number of ether oxygens (including phenoxy) is 4. The molecule has 0 saturated carbocycles. The Morgan fingerprint density at radius 2 is 1.89 bits per heavy atom. The van der Waals surface area contributed by atoms with Crippen LogP contribution in [-0.4, -0.2) is 43.6 Å². The van der Waals surface area contributed by atoms with Crippen LogP contribution in [0.2, 0.25) is 0 Å². The van der Waals surface area contributed by atoms with Crippen LogP contribution < -0.4 is 0 Å². The van der Waals surface area contributed by atoms with Gasteiger partial charge in [0.25, 0.3) is 0 Å². The molecule has 3 heterocycles. The number of carbonyl (C=O) groups is 1. The zero-order chi connectivity index (χ0) is 26.4. The van der Waals surface area contributed by atoms with E-state index in [0.29, 0.717) is 25.6 Å². The van der Waals surface area contributed by atoms with Crippen LogP contribution in [-0.2, 0) is 23.7 Å². The fourth-order valence-electron chi connectivity index (χ4n) is 6.99. The summed E-state index contributed by atoms with van der Waals surface area (Å²) in [5.41, 5.74) is -0.425. The fourth-order valence-corrected chi connectivity index (χ4v) is 6.99. The Labute approximate surface area is 212 Å². The quantitative estimate of drug-likeness (QED) is 0.141. The van der Waals surface area contributed by atoms with Crippen LogP contribution in [0.15, 0.2) is 49.3 Å². The minimum Gasteiger partial charge on any atom is -0.499 e. The summed E-state index contributed by atoms with van der Waals surface area (Å²) in [4.78, 5) is 13.0. The largest absolute Gasteiger partial charge is 0.499 e. The number of allylic oxidation sites excluding steroid dienone is 3. The van der Waals surface area contributed by atoms with Crippen LogP contribution in [0.5, 0.6) is 0 Å². The molecule has 0 amide bonds. The summed E-state index contributed by atoms with van der Waals surface area (Å²) in [6.45, 7) is 31.4. The third-order valence-electron chi connectivity index (χ3n) is 9.60. The van der Waals surface area contributed by atoms with E-state index in [0.717, 1.165) is 12.0 Å². The number of hydrogen-bond acceptors (Lipinski definition) is 5. The Kier molecular flexibility index (Phi) is 7.57. The van der Waals surface area contributed by atoms with E-state index in [1.54, 1.807) is 0 Å². The van der Waals surface area contributed by atoms with E-state index in [1.807, 2.05) is 19.1 Å². The van der Waals surface area contributed by atoms with Crippen molar-refractivity contribution in [1.82, 2.24) is 0 Å². The average Bonchev–Trinajstić information content (AvgIpc) is 3.38. The molecule has 0 aromatic carbocycles. The minimum absolute atomic E-state index is 0.0638. The van der Waals surface area contributed by atoms with E-state index in [4.69, 9.17) is 18.9 Å². The lowest BCUT2D eigenvalue weighted by molar-refractivity contribution is -0.163. The summed E-state index contributed by atoms with van der Waals surface area (Å²) >= 11 is 0. The molecule has 0 radical (unpaired) electrons. The Balaban J connectivity index is 1.97. The number of epoxide rings is 1. The molecular weight excluding hydrogens is 440 g/mol. The molecule has 35 heavy (non-hydrogen) atoms. The van der Waals surface area contributed by atoms with Crippen molar-refractivity contribution in [3.8, 4) is 0 Å². The molecule has 0 aliphatic carbocycles. The van der Waals surface area contributed by atoms with E-state index in [-0.39, 0.29) is 40.7 Å². The molecule has 0 spiro atoms. The van der Waals surface area contributed by atoms with Crippen molar-refractivity contribution in [1.29, 1.82) is 0 Å². The smallest absolute Gasteiger partial charge is 0.339 e. The molecule has 3 aliphatic rings. The molecule has 7 atom stereocenters. The number of esters is 1. The van der Waals surface area contributed by atoms with Crippen LogP contribution in [0.3, 0.4) is 0 Å². The fraction of sp³-hybridized carbons (Fsp3) is 0.700. The van der Waals surface area contributed by atoms with Crippen LogP contribution in [0.4, 0.5) is 0 Å². The summed E-state index contributed by atoms with van der Waals surface area (Å²) in [6.07, 6.45) is 6.11. The highest BCUT2D eigenvalue weighted by Gasteiger charge is 2.78. The van der Waals surface area contributed by atoms with E-state index < -0.39 is 17.1 Å². The third kappa shape index (κ3) is 4.44. The molecule has 2 saturated heterocycles. The molecular formula is C30H46O5. The zero-order valence-electron chi connectivity index (χ0n) is 23.1. The normalized spacial score (nSPS) is 31.7. The molecule has 3 aliphatic heterocycles. The molecule has 0 aromatic rings. The van der Waals surface area contributed by atoms with Gasteiger partial charge in [-0.25, -0.2) is 4.79 Å².